The van der Waals surface area contributed by atoms with E-state index in [0.717, 1.165) is 6.26 Å². The van der Waals surface area contributed by atoms with Gasteiger partial charge in [0.15, 0.2) is 0 Å². The Morgan fingerprint density at radius 2 is 2.13 bits per heavy atom. The van der Waals surface area contributed by atoms with Gasteiger partial charge < -0.3 is 5.32 Å². The van der Waals surface area contributed by atoms with Crippen LogP contribution in [0.25, 0.3) is 0 Å². The Morgan fingerprint density at radius 1 is 1.47 bits per heavy atom. The third-order valence-corrected chi connectivity index (χ3v) is 3.16. The van der Waals surface area contributed by atoms with E-state index < -0.39 is 15.7 Å². The fraction of sp³-hybridized carbons (Fsp3) is 0.333. The monoisotopic (exact) mass is 295 g/mol. The molecule has 84 valence electrons. The fourth-order valence-corrected chi connectivity index (χ4v) is 1.81. The van der Waals surface area contributed by atoms with Crippen LogP contribution >= 0.6 is 15.9 Å². The highest BCUT2D eigenvalue weighted by Crippen LogP contribution is 2.18. The van der Waals surface area contributed by atoms with Gasteiger partial charge in [-0.05, 0) is 18.2 Å². The highest BCUT2D eigenvalue weighted by molar-refractivity contribution is 9.10. The van der Waals surface area contributed by atoms with Gasteiger partial charge in [0.1, 0.15) is 15.7 Å². The molecule has 1 aromatic carbocycles. The summed E-state index contributed by atoms with van der Waals surface area (Å²) in [5.74, 6) is -0.416. The van der Waals surface area contributed by atoms with E-state index in [1.165, 1.54) is 6.07 Å². The molecular formula is C9H11BrFNO2S. The quantitative estimate of drug-likeness (QED) is 0.925. The molecule has 0 aliphatic heterocycles. The molecule has 1 aromatic rings. The molecule has 0 unspecified atom stereocenters. The Labute approximate surface area is 96.7 Å². The number of hydrogen-bond acceptors (Lipinski definition) is 3. The van der Waals surface area contributed by atoms with E-state index in [9.17, 15) is 12.8 Å². The van der Waals surface area contributed by atoms with Gasteiger partial charge in [0, 0.05) is 17.3 Å². The van der Waals surface area contributed by atoms with Crippen molar-refractivity contribution in [3.05, 3.63) is 28.5 Å². The van der Waals surface area contributed by atoms with E-state index >= 15 is 0 Å². The van der Waals surface area contributed by atoms with E-state index in [1.807, 2.05) is 0 Å². The number of anilines is 1. The summed E-state index contributed by atoms with van der Waals surface area (Å²) in [6, 6.07) is 4.57. The Kier molecular flexibility index (Phi) is 4.10. The summed E-state index contributed by atoms with van der Waals surface area (Å²) in [5.41, 5.74) is 0.307. The lowest BCUT2D eigenvalue weighted by Gasteiger charge is -2.06. The molecule has 0 saturated carbocycles. The molecule has 0 saturated heterocycles. The van der Waals surface area contributed by atoms with Gasteiger partial charge in [-0.15, -0.1) is 0 Å². The first-order chi connectivity index (χ1) is 6.88. The van der Waals surface area contributed by atoms with Crippen molar-refractivity contribution < 1.29 is 12.8 Å². The standard InChI is InChI=1S/C9H11BrFNO2S/c1-15(13,14)5-4-12-9-3-2-7(10)6-8(9)11/h2-3,6,12H,4-5H2,1H3. The summed E-state index contributed by atoms with van der Waals surface area (Å²) < 4.78 is 35.5. The normalized spacial score (nSPS) is 11.4. The van der Waals surface area contributed by atoms with Crippen molar-refractivity contribution >= 4 is 31.5 Å². The largest absolute Gasteiger partial charge is 0.382 e. The minimum absolute atomic E-state index is 0.0114. The maximum Gasteiger partial charge on any atom is 0.149 e. The van der Waals surface area contributed by atoms with Crippen molar-refractivity contribution in [3.63, 3.8) is 0 Å². The number of benzene rings is 1. The molecule has 0 spiro atoms. The topological polar surface area (TPSA) is 46.2 Å². The number of halogens is 2. The maximum atomic E-state index is 13.2. The van der Waals surface area contributed by atoms with Crippen molar-refractivity contribution in [1.82, 2.24) is 0 Å². The molecule has 0 aliphatic rings. The third-order valence-electron chi connectivity index (χ3n) is 1.72. The van der Waals surface area contributed by atoms with Crippen molar-refractivity contribution in [3.8, 4) is 0 Å². The molecule has 0 radical (unpaired) electrons. The maximum absolute atomic E-state index is 13.2. The van der Waals surface area contributed by atoms with Crippen molar-refractivity contribution in [2.24, 2.45) is 0 Å². The number of nitrogens with one attached hydrogen (secondary N) is 1. The first kappa shape index (κ1) is 12.4. The van der Waals surface area contributed by atoms with E-state index in [4.69, 9.17) is 0 Å². The molecule has 1 rings (SSSR count). The summed E-state index contributed by atoms with van der Waals surface area (Å²) in [7, 11) is -3.01. The zero-order valence-corrected chi connectivity index (χ0v) is 10.5. The zero-order chi connectivity index (χ0) is 11.5. The summed E-state index contributed by atoms with van der Waals surface area (Å²) in [4.78, 5) is 0. The van der Waals surface area contributed by atoms with E-state index in [0.29, 0.717) is 10.2 Å². The average Bonchev–Trinajstić information content (AvgIpc) is 2.07. The number of hydrogen-bond donors (Lipinski definition) is 1. The Bertz CT molecular complexity index is 447. The Balaban J connectivity index is 2.59. The number of sulfone groups is 1. The zero-order valence-electron chi connectivity index (χ0n) is 8.13. The SMILES string of the molecule is CS(=O)(=O)CCNc1ccc(Br)cc1F. The summed E-state index contributed by atoms with van der Waals surface area (Å²) in [6.45, 7) is 0.206. The predicted molar refractivity (Wildman–Crippen MR) is 62.3 cm³/mol. The van der Waals surface area contributed by atoms with E-state index in [-0.39, 0.29) is 12.3 Å². The van der Waals surface area contributed by atoms with Crippen LogP contribution in [0.5, 0.6) is 0 Å². The Hall–Kier alpha value is -0.620. The van der Waals surface area contributed by atoms with Crippen molar-refractivity contribution in [1.29, 1.82) is 0 Å². The Morgan fingerprint density at radius 3 is 2.67 bits per heavy atom. The van der Waals surface area contributed by atoms with Gasteiger partial charge in [0.05, 0.1) is 11.4 Å². The van der Waals surface area contributed by atoms with Crippen molar-refractivity contribution in [2.75, 3.05) is 23.9 Å². The second-order valence-corrected chi connectivity index (χ2v) is 6.36. The molecule has 15 heavy (non-hydrogen) atoms. The summed E-state index contributed by atoms with van der Waals surface area (Å²) >= 11 is 3.13. The summed E-state index contributed by atoms with van der Waals surface area (Å²) in [6.07, 6.45) is 1.15. The van der Waals surface area contributed by atoms with Gasteiger partial charge in [-0.2, -0.15) is 0 Å². The van der Waals surface area contributed by atoms with E-state index in [2.05, 4.69) is 21.2 Å². The molecule has 0 aromatic heterocycles. The second kappa shape index (κ2) is 4.94. The van der Waals surface area contributed by atoms with Crippen LogP contribution < -0.4 is 5.32 Å². The van der Waals surface area contributed by atoms with Crippen LogP contribution in [0.15, 0.2) is 22.7 Å². The lowest BCUT2D eigenvalue weighted by molar-refractivity contribution is 0.601. The lowest BCUT2D eigenvalue weighted by atomic mass is 10.3. The minimum atomic E-state index is -3.01. The summed E-state index contributed by atoms with van der Waals surface area (Å²) in [5, 5.41) is 2.72. The first-order valence-electron chi connectivity index (χ1n) is 4.25. The molecule has 0 bridgehead atoms. The van der Waals surface area contributed by atoms with Crippen LogP contribution in [-0.4, -0.2) is 27.0 Å². The predicted octanol–water partition coefficient (Wildman–Crippen LogP) is 2.04. The van der Waals surface area contributed by atoms with Gasteiger partial charge in [-0.25, -0.2) is 12.8 Å². The van der Waals surface area contributed by atoms with Gasteiger partial charge in [-0.3, -0.25) is 0 Å². The van der Waals surface area contributed by atoms with Gasteiger partial charge >= 0.3 is 0 Å². The molecule has 0 amide bonds. The van der Waals surface area contributed by atoms with Crippen LogP contribution in [0, 0.1) is 5.82 Å². The average molecular weight is 296 g/mol. The van der Waals surface area contributed by atoms with Crippen LogP contribution in [-0.2, 0) is 9.84 Å². The van der Waals surface area contributed by atoms with Crippen LogP contribution in [0.4, 0.5) is 10.1 Å². The van der Waals surface area contributed by atoms with Gasteiger partial charge in [0.25, 0.3) is 0 Å². The molecule has 0 atom stereocenters. The third kappa shape index (κ3) is 4.61. The molecule has 1 N–H and O–H groups in total. The molecule has 6 heteroatoms. The van der Waals surface area contributed by atoms with Crippen LogP contribution in [0.2, 0.25) is 0 Å². The van der Waals surface area contributed by atoms with Crippen LogP contribution in [0.3, 0.4) is 0 Å². The van der Waals surface area contributed by atoms with Crippen LogP contribution in [0.1, 0.15) is 0 Å². The molecular weight excluding hydrogens is 285 g/mol. The molecule has 0 aliphatic carbocycles. The molecule has 0 fully saturated rings. The van der Waals surface area contributed by atoms with Crippen molar-refractivity contribution in [2.45, 2.75) is 0 Å². The highest BCUT2D eigenvalue weighted by atomic mass is 79.9. The highest BCUT2D eigenvalue weighted by Gasteiger charge is 2.04. The molecule has 3 nitrogen and oxygen atoms in total. The van der Waals surface area contributed by atoms with E-state index in [1.54, 1.807) is 12.1 Å². The fourth-order valence-electron chi connectivity index (χ4n) is 1.00. The second-order valence-electron chi connectivity index (χ2n) is 3.18. The smallest absolute Gasteiger partial charge is 0.149 e. The molecule has 0 heterocycles. The first-order valence-corrected chi connectivity index (χ1v) is 7.10. The lowest BCUT2D eigenvalue weighted by Crippen LogP contribution is -2.14. The van der Waals surface area contributed by atoms with Gasteiger partial charge in [0.2, 0.25) is 0 Å². The minimum Gasteiger partial charge on any atom is -0.382 e. The number of rotatable bonds is 4. The van der Waals surface area contributed by atoms with Gasteiger partial charge in [-0.1, -0.05) is 15.9 Å².